The Morgan fingerprint density at radius 3 is 1.87 bits per heavy atom. The van der Waals surface area contributed by atoms with Crippen LogP contribution in [0.25, 0.3) is 0 Å². The van der Waals surface area contributed by atoms with Crippen LogP contribution in [0, 0.1) is 0 Å². The highest BCUT2D eigenvalue weighted by molar-refractivity contribution is 6.17. The van der Waals surface area contributed by atoms with Crippen LogP contribution < -0.4 is 0 Å². The third-order valence-corrected chi connectivity index (χ3v) is 3.86. The number of rotatable bonds is 13. The van der Waals surface area contributed by atoms with Crippen LogP contribution in [0.2, 0.25) is 0 Å². The zero-order valence-corrected chi connectivity index (χ0v) is 18.1. The van der Waals surface area contributed by atoms with E-state index >= 15 is 0 Å². The van der Waals surface area contributed by atoms with Crippen LogP contribution in [-0.2, 0) is 39.9 Å². The molecule has 0 saturated carbocycles. The normalized spacial score (nSPS) is 10.4. The van der Waals surface area contributed by atoms with Crippen LogP contribution in [0.1, 0.15) is 33.3 Å². The molecule has 1 aromatic rings. The van der Waals surface area contributed by atoms with Gasteiger partial charge in [-0.25, -0.2) is 9.59 Å². The molecule has 30 heavy (non-hydrogen) atoms. The van der Waals surface area contributed by atoms with Crippen molar-refractivity contribution >= 4 is 17.8 Å². The first-order valence-corrected chi connectivity index (χ1v) is 10.1. The minimum absolute atomic E-state index is 0.0637. The van der Waals surface area contributed by atoms with Gasteiger partial charge in [0.15, 0.2) is 6.29 Å². The van der Waals surface area contributed by atoms with Gasteiger partial charge >= 0.3 is 11.9 Å². The predicted molar refractivity (Wildman–Crippen MR) is 110 cm³/mol. The molecule has 0 heterocycles. The fraction of sp³-hybridized carbons (Fsp3) is 0.500. The number of nitrogens with zero attached hydrogens (tertiary/aromatic N) is 1. The van der Waals surface area contributed by atoms with Gasteiger partial charge in [0.1, 0.15) is 5.57 Å². The largest absolute Gasteiger partial charge is 0.462 e. The molecule has 0 radical (unpaired) electrons. The highest BCUT2D eigenvalue weighted by Gasteiger charge is 2.26. The summed E-state index contributed by atoms with van der Waals surface area (Å²) in [7, 11) is 0. The lowest BCUT2D eigenvalue weighted by molar-refractivity contribution is -0.157. The van der Waals surface area contributed by atoms with Crippen molar-refractivity contribution < 1.29 is 33.3 Å². The Kier molecular flexibility index (Phi) is 12.1. The van der Waals surface area contributed by atoms with Gasteiger partial charge in [0.25, 0.3) is 0 Å². The molecule has 8 heteroatoms. The molecule has 1 aromatic carbocycles. The molecule has 0 aliphatic carbocycles. The maximum atomic E-state index is 13.0. The van der Waals surface area contributed by atoms with E-state index in [9.17, 15) is 14.4 Å². The third-order valence-electron chi connectivity index (χ3n) is 3.86. The second-order valence-electron chi connectivity index (χ2n) is 6.04. The van der Waals surface area contributed by atoms with Gasteiger partial charge in [0, 0.05) is 25.8 Å². The molecule has 0 bridgehead atoms. The van der Waals surface area contributed by atoms with E-state index in [-0.39, 0.29) is 26.3 Å². The van der Waals surface area contributed by atoms with Gasteiger partial charge in [-0.2, -0.15) is 0 Å². The molecule has 0 saturated heterocycles. The van der Waals surface area contributed by atoms with Gasteiger partial charge in [-0.1, -0.05) is 30.3 Å². The smallest absolute Gasteiger partial charge is 0.345 e. The Hall–Kier alpha value is -2.71. The maximum Gasteiger partial charge on any atom is 0.345 e. The van der Waals surface area contributed by atoms with Crippen molar-refractivity contribution in [3.63, 3.8) is 0 Å². The molecule has 0 unspecified atom stereocenters. The van der Waals surface area contributed by atoms with Crippen molar-refractivity contribution in [3.05, 3.63) is 47.5 Å². The van der Waals surface area contributed by atoms with E-state index in [0.717, 1.165) is 11.6 Å². The summed E-state index contributed by atoms with van der Waals surface area (Å²) in [5.74, 6) is -2.37. The molecule has 0 aliphatic heterocycles. The molecule has 1 rings (SSSR count). The van der Waals surface area contributed by atoms with Gasteiger partial charge in [-0.3, -0.25) is 4.79 Å². The number of hydrogen-bond acceptors (Lipinski definition) is 7. The average molecular weight is 421 g/mol. The average Bonchev–Trinajstić information content (AvgIpc) is 2.72. The van der Waals surface area contributed by atoms with Crippen LogP contribution in [0.15, 0.2) is 42.0 Å². The summed E-state index contributed by atoms with van der Waals surface area (Å²) >= 11 is 0. The van der Waals surface area contributed by atoms with E-state index in [0.29, 0.717) is 13.2 Å². The van der Waals surface area contributed by atoms with Crippen LogP contribution in [-0.4, -0.2) is 62.0 Å². The second kappa shape index (κ2) is 14.3. The molecule has 0 fully saturated rings. The van der Waals surface area contributed by atoms with Crippen molar-refractivity contribution in [1.82, 2.24) is 4.90 Å². The van der Waals surface area contributed by atoms with E-state index in [4.69, 9.17) is 18.9 Å². The lowest BCUT2D eigenvalue weighted by Gasteiger charge is -2.27. The van der Waals surface area contributed by atoms with Crippen LogP contribution in [0.4, 0.5) is 0 Å². The van der Waals surface area contributed by atoms with Crippen LogP contribution in [0.3, 0.4) is 0 Å². The summed E-state index contributed by atoms with van der Waals surface area (Å²) in [4.78, 5) is 38.9. The van der Waals surface area contributed by atoms with Gasteiger partial charge in [-0.15, -0.1) is 0 Å². The number of carbonyl (C=O) groups excluding carboxylic acids is 3. The lowest BCUT2D eigenvalue weighted by Crippen LogP contribution is -2.39. The van der Waals surface area contributed by atoms with Crippen LogP contribution in [0.5, 0.6) is 0 Å². The number of hydrogen-bond donors (Lipinski definition) is 0. The fourth-order valence-electron chi connectivity index (χ4n) is 2.58. The number of ether oxygens (including phenoxy) is 4. The summed E-state index contributed by atoms with van der Waals surface area (Å²) in [6.07, 6.45) is 0.308. The van der Waals surface area contributed by atoms with Crippen molar-refractivity contribution in [2.45, 2.75) is 40.5 Å². The summed E-state index contributed by atoms with van der Waals surface area (Å²) < 4.78 is 20.9. The lowest BCUT2D eigenvalue weighted by atomic mass is 10.2. The predicted octanol–water partition coefficient (Wildman–Crippen LogP) is 2.47. The zero-order valence-electron chi connectivity index (χ0n) is 18.1. The Morgan fingerprint density at radius 2 is 1.40 bits per heavy atom. The van der Waals surface area contributed by atoms with Gasteiger partial charge in [0.05, 0.1) is 19.8 Å². The van der Waals surface area contributed by atoms with Gasteiger partial charge in [-0.05, 0) is 33.3 Å². The van der Waals surface area contributed by atoms with Gasteiger partial charge in [0.2, 0.25) is 5.91 Å². The number of esters is 2. The highest BCUT2D eigenvalue weighted by atomic mass is 16.7. The molecule has 0 atom stereocenters. The summed E-state index contributed by atoms with van der Waals surface area (Å²) in [6.45, 7) is 8.18. The summed E-state index contributed by atoms with van der Waals surface area (Å²) in [5, 5.41) is 0. The van der Waals surface area contributed by atoms with E-state index < -0.39 is 29.7 Å². The SMILES string of the molecule is CCOC(=O)C(=CC(=O)N(Cc1ccccc1)CC(OCC)OCC)C(=O)OCC. The first-order chi connectivity index (χ1) is 14.5. The molecule has 166 valence electrons. The van der Waals surface area contributed by atoms with E-state index in [2.05, 4.69) is 0 Å². The monoisotopic (exact) mass is 421 g/mol. The Balaban J connectivity index is 3.19. The molecule has 8 nitrogen and oxygen atoms in total. The summed E-state index contributed by atoms with van der Waals surface area (Å²) in [6, 6.07) is 9.34. The fourth-order valence-corrected chi connectivity index (χ4v) is 2.58. The molecule has 0 aliphatic rings. The minimum Gasteiger partial charge on any atom is -0.462 e. The zero-order chi connectivity index (χ0) is 22.4. The summed E-state index contributed by atoms with van der Waals surface area (Å²) in [5.41, 5.74) is 0.422. The molecular weight excluding hydrogens is 390 g/mol. The Labute approximate surface area is 177 Å². The van der Waals surface area contributed by atoms with Gasteiger partial charge < -0.3 is 23.8 Å². The standard InChI is InChI=1S/C22H31NO7/c1-5-27-20(28-6-2)16-23(15-17-12-10-9-11-13-17)19(24)14-18(21(25)29-7-3)22(26)30-8-4/h9-14,20H,5-8,15-16H2,1-4H3. The topological polar surface area (TPSA) is 91.4 Å². The van der Waals surface area contributed by atoms with E-state index in [1.165, 1.54) is 4.90 Å². The van der Waals surface area contributed by atoms with Crippen LogP contribution >= 0.6 is 0 Å². The maximum absolute atomic E-state index is 13.0. The quantitative estimate of drug-likeness (QED) is 0.159. The first-order valence-electron chi connectivity index (χ1n) is 10.1. The Bertz CT molecular complexity index is 677. The Morgan fingerprint density at radius 1 is 0.867 bits per heavy atom. The van der Waals surface area contributed by atoms with Crippen molar-refractivity contribution in [2.24, 2.45) is 0 Å². The number of amides is 1. The van der Waals surface area contributed by atoms with Crippen molar-refractivity contribution in [2.75, 3.05) is 33.0 Å². The second-order valence-corrected chi connectivity index (χ2v) is 6.04. The first kappa shape index (κ1) is 25.3. The van der Waals surface area contributed by atoms with E-state index in [1.807, 2.05) is 44.2 Å². The number of benzene rings is 1. The number of carbonyl (C=O) groups is 3. The third kappa shape index (κ3) is 8.75. The van der Waals surface area contributed by atoms with Crippen molar-refractivity contribution in [3.8, 4) is 0 Å². The molecule has 1 amide bonds. The highest BCUT2D eigenvalue weighted by Crippen LogP contribution is 2.11. The molecule has 0 spiro atoms. The van der Waals surface area contributed by atoms with Crippen molar-refractivity contribution in [1.29, 1.82) is 0 Å². The molecule has 0 aromatic heterocycles. The molecular formula is C22H31NO7. The minimum atomic E-state index is -0.907. The molecule has 0 N–H and O–H groups in total. The van der Waals surface area contributed by atoms with E-state index in [1.54, 1.807) is 13.8 Å².